The van der Waals surface area contributed by atoms with Gasteiger partial charge in [-0.05, 0) is 31.4 Å². The molecule has 2 amide bonds. The van der Waals surface area contributed by atoms with Gasteiger partial charge in [-0.2, -0.15) is 5.10 Å². The maximum absolute atomic E-state index is 12.6. The summed E-state index contributed by atoms with van der Waals surface area (Å²) in [4.78, 5) is 27.4. The molecular weight excluding hydrogens is 340 g/mol. The predicted octanol–water partition coefficient (Wildman–Crippen LogP) is 1.11. The molecule has 25 heavy (non-hydrogen) atoms. The lowest BCUT2D eigenvalue weighted by atomic mass is 10.2. The Balaban J connectivity index is 1.58. The molecule has 1 saturated heterocycles. The molecule has 0 radical (unpaired) electrons. The SMILES string of the molecule is Cc1cc(C)n(CCNC(=O)[C@@H]2COCC(=O)N2Cc2cccs2)n1. The van der Waals surface area contributed by atoms with Crippen LogP contribution < -0.4 is 5.32 Å². The molecule has 1 aliphatic heterocycles. The van der Waals surface area contributed by atoms with Crippen LogP contribution in [0.5, 0.6) is 0 Å². The number of hydrogen-bond donors (Lipinski definition) is 1. The van der Waals surface area contributed by atoms with E-state index in [1.54, 1.807) is 16.2 Å². The van der Waals surface area contributed by atoms with E-state index in [4.69, 9.17) is 4.74 Å². The van der Waals surface area contributed by atoms with Gasteiger partial charge in [-0.3, -0.25) is 14.3 Å². The number of morpholine rings is 1. The van der Waals surface area contributed by atoms with Crippen LogP contribution in [-0.4, -0.2) is 52.3 Å². The fourth-order valence-corrected chi connectivity index (χ4v) is 3.60. The summed E-state index contributed by atoms with van der Waals surface area (Å²) >= 11 is 1.57. The van der Waals surface area contributed by atoms with Crippen molar-refractivity contribution in [2.45, 2.75) is 33.0 Å². The van der Waals surface area contributed by atoms with E-state index in [0.29, 0.717) is 19.6 Å². The van der Waals surface area contributed by atoms with Crippen molar-refractivity contribution < 1.29 is 14.3 Å². The van der Waals surface area contributed by atoms with Crippen LogP contribution in [0.4, 0.5) is 0 Å². The van der Waals surface area contributed by atoms with E-state index in [-0.39, 0.29) is 25.0 Å². The van der Waals surface area contributed by atoms with Crippen LogP contribution in [-0.2, 0) is 27.4 Å². The lowest BCUT2D eigenvalue weighted by Gasteiger charge is -2.34. The molecule has 1 fully saturated rings. The number of amides is 2. The van der Waals surface area contributed by atoms with Gasteiger partial charge in [0.05, 0.1) is 25.4 Å². The Bertz CT molecular complexity index is 741. The maximum Gasteiger partial charge on any atom is 0.249 e. The second-order valence-electron chi connectivity index (χ2n) is 6.07. The van der Waals surface area contributed by atoms with Crippen molar-refractivity contribution >= 4 is 23.2 Å². The second kappa shape index (κ2) is 7.79. The summed E-state index contributed by atoms with van der Waals surface area (Å²) in [6, 6.07) is 5.31. The quantitative estimate of drug-likeness (QED) is 0.835. The van der Waals surface area contributed by atoms with Crippen LogP contribution in [0.2, 0.25) is 0 Å². The molecule has 2 aromatic rings. The molecule has 2 aromatic heterocycles. The van der Waals surface area contributed by atoms with Crippen LogP contribution in [0, 0.1) is 13.8 Å². The number of aromatic nitrogens is 2. The minimum Gasteiger partial charge on any atom is -0.369 e. The minimum atomic E-state index is -0.594. The summed E-state index contributed by atoms with van der Waals surface area (Å²) in [5, 5.41) is 9.23. The zero-order chi connectivity index (χ0) is 17.8. The lowest BCUT2D eigenvalue weighted by molar-refractivity contribution is -0.155. The van der Waals surface area contributed by atoms with Gasteiger partial charge in [-0.25, -0.2) is 0 Å². The van der Waals surface area contributed by atoms with Crippen molar-refractivity contribution in [3.05, 3.63) is 39.8 Å². The molecule has 0 unspecified atom stereocenters. The first kappa shape index (κ1) is 17.6. The zero-order valence-corrected chi connectivity index (χ0v) is 15.2. The summed E-state index contributed by atoms with van der Waals surface area (Å²) in [5.74, 6) is -0.343. The summed E-state index contributed by atoms with van der Waals surface area (Å²) < 4.78 is 7.15. The summed E-state index contributed by atoms with van der Waals surface area (Å²) in [5.41, 5.74) is 2.01. The van der Waals surface area contributed by atoms with E-state index >= 15 is 0 Å². The van der Waals surface area contributed by atoms with Gasteiger partial charge in [0.15, 0.2) is 0 Å². The number of carbonyl (C=O) groups excluding carboxylic acids is 2. The van der Waals surface area contributed by atoms with Crippen molar-refractivity contribution in [3.8, 4) is 0 Å². The molecule has 3 heterocycles. The van der Waals surface area contributed by atoms with Crippen LogP contribution in [0.1, 0.15) is 16.3 Å². The summed E-state index contributed by atoms with van der Waals surface area (Å²) in [6.45, 7) is 5.67. The first-order valence-corrected chi connectivity index (χ1v) is 9.11. The van der Waals surface area contributed by atoms with Crippen molar-refractivity contribution in [2.24, 2.45) is 0 Å². The number of ether oxygens (including phenoxy) is 1. The Hall–Kier alpha value is -2.19. The number of nitrogens with zero attached hydrogens (tertiary/aromatic N) is 3. The smallest absolute Gasteiger partial charge is 0.249 e. The minimum absolute atomic E-state index is 0.0287. The molecule has 3 rings (SSSR count). The molecule has 134 valence electrons. The predicted molar refractivity (Wildman–Crippen MR) is 94.2 cm³/mol. The molecule has 7 nitrogen and oxygen atoms in total. The number of aryl methyl sites for hydroxylation is 2. The Labute approximate surface area is 150 Å². The van der Waals surface area contributed by atoms with E-state index in [1.165, 1.54) is 0 Å². The Morgan fingerprint density at radius 2 is 2.32 bits per heavy atom. The summed E-state index contributed by atoms with van der Waals surface area (Å²) in [6.07, 6.45) is 0. The number of nitrogens with one attached hydrogen (secondary N) is 1. The molecule has 8 heteroatoms. The first-order chi connectivity index (χ1) is 12.0. The van der Waals surface area contributed by atoms with Gasteiger partial charge in [-0.1, -0.05) is 6.07 Å². The molecule has 0 aliphatic carbocycles. The van der Waals surface area contributed by atoms with Gasteiger partial charge in [0.25, 0.3) is 0 Å². The van der Waals surface area contributed by atoms with Gasteiger partial charge in [0, 0.05) is 17.1 Å². The molecule has 0 bridgehead atoms. The Morgan fingerprint density at radius 1 is 1.48 bits per heavy atom. The van der Waals surface area contributed by atoms with E-state index < -0.39 is 6.04 Å². The normalized spacial score (nSPS) is 17.8. The number of hydrogen-bond acceptors (Lipinski definition) is 5. The highest BCUT2D eigenvalue weighted by atomic mass is 32.1. The van der Waals surface area contributed by atoms with E-state index in [0.717, 1.165) is 16.3 Å². The molecule has 1 atom stereocenters. The Morgan fingerprint density at radius 3 is 3.00 bits per heavy atom. The zero-order valence-electron chi connectivity index (χ0n) is 14.4. The fourth-order valence-electron chi connectivity index (χ4n) is 2.89. The third kappa shape index (κ3) is 4.26. The second-order valence-corrected chi connectivity index (χ2v) is 7.11. The molecule has 0 aromatic carbocycles. The lowest BCUT2D eigenvalue weighted by Crippen LogP contribution is -2.56. The average molecular weight is 362 g/mol. The van der Waals surface area contributed by atoms with Crippen LogP contribution in [0.25, 0.3) is 0 Å². The van der Waals surface area contributed by atoms with Crippen LogP contribution in [0.3, 0.4) is 0 Å². The molecule has 1 N–H and O–H groups in total. The van der Waals surface area contributed by atoms with E-state index in [9.17, 15) is 9.59 Å². The number of rotatable bonds is 6. The first-order valence-electron chi connectivity index (χ1n) is 8.23. The average Bonchev–Trinajstić information content (AvgIpc) is 3.19. The van der Waals surface area contributed by atoms with Gasteiger partial charge in [0.1, 0.15) is 12.6 Å². The topological polar surface area (TPSA) is 76.5 Å². The monoisotopic (exact) mass is 362 g/mol. The van der Waals surface area contributed by atoms with Crippen molar-refractivity contribution in [2.75, 3.05) is 19.8 Å². The van der Waals surface area contributed by atoms with E-state index in [1.807, 2.05) is 42.1 Å². The van der Waals surface area contributed by atoms with Gasteiger partial charge in [0.2, 0.25) is 11.8 Å². The third-order valence-electron chi connectivity index (χ3n) is 4.13. The number of thiophene rings is 1. The summed E-state index contributed by atoms with van der Waals surface area (Å²) in [7, 11) is 0. The highest BCUT2D eigenvalue weighted by molar-refractivity contribution is 7.09. The highest BCUT2D eigenvalue weighted by Crippen LogP contribution is 2.17. The molecule has 0 saturated carbocycles. The highest BCUT2D eigenvalue weighted by Gasteiger charge is 2.34. The van der Waals surface area contributed by atoms with Crippen LogP contribution >= 0.6 is 11.3 Å². The van der Waals surface area contributed by atoms with E-state index in [2.05, 4.69) is 10.4 Å². The van der Waals surface area contributed by atoms with Gasteiger partial charge >= 0.3 is 0 Å². The van der Waals surface area contributed by atoms with Gasteiger partial charge < -0.3 is 15.0 Å². The third-order valence-corrected chi connectivity index (χ3v) is 4.99. The van der Waals surface area contributed by atoms with Crippen LogP contribution in [0.15, 0.2) is 23.6 Å². The van der Waals surface area contributed by atoms with Gasteiger partial charge in [-0.15, -0.1) is 11.3 Å². The fraction of sp³-hybridized carbons (Fsp3) is 0.471. The van der Waals surface area contributed by atoms with Crippen molar-refractivity contribution in [3.63, 3.8) is 0 Å². The van der Waals surface area contributed by atoms with Crippen molar-refractivity contribution in [1.82, 2.24) is 20.0 Å². The maximum atomic E-state index is 12.6. The molecule has 1 aliphatic rings. The Kier molecular flexibility index (Phi) is 5.50. The molecular formula is C17H22N4O3S. The van der Waals surface area contributed by atoms with Crippen molar-refractivity contribution in [1.29, 1.82) is 0 Å². The number of carbonyl (C=O) groups is 2. The standard InChI is InChI=1S/C17H22N4O3S/c1-12-8-13(2)21(19-12)6-5-18-17(23)15-10-24-11-16(22)20(15)9-14-4-3-7-25-14/h3-4,7-8,15H,5-6,9-11H2,1-2H3,(H,18,23)/t15-/m0/s1. The molecule has 0 spiro atoms. The largest absolute Gasteiger partial charge is 0.369 e.